The van der Waals surface area contributed by atoms with Crippen molar-refractivity contribution in [3.63, 3.8) is 0 Å². The zero-order chi connectivity index (χ0) is 20.1. The number of nitrogens with one attached hydrogen (secondary N) is 2. The molecule has 3 aromatic rings. The van der Waals surface area contributed by atoms with Gasteiger partial charge in [-0.2, -0.15) is 5.26 Å². The second kappa shape index (κ2) is 8.38. The Hall–Kier alpha value is -2.95. The molecule has 28 heavy (non-hydrogen) atoms. The third-order valence-corrected chi connectivity index (χ3v) is 5.75. The van der Waals surface area contributed by atoms with E-state index >= 15 is 0 Å². The number of fused-ring (bicyclic) bond motifs is 1. The minimum atomic E-state index is -3.43. The van der Waals surface area contributed by atoms with Crippen LogP contribution in [0.5, 0.6) is 0 Å². The Balaban J connectivity index is 1.89. The summed E-state index contributed by atoms with van der Waals surface area (Å²) < 4.78 is 27.3. The van der Waals surface area contributed by atoms with Crippen LogP contribution in [0, 0.1) is 11.3 Å². The first-order chi connectivity index (χ1) is 13.4. The largest absolute Gasteiger partial charge is 0.379 e. The smallest absolute Gasteiger partial charge is 0.216 e. The molecule has 0 fully saturated rings. The summed E-state index contributed by atoms with van der Waals surface area (Å²) in [4.78, 5) is 4.31. The molecule has 0 amide bonds. The van der Waals surface area contributed by atoms with Crippen LogP contribution in [-0.4, -0.2) is 19.4 Å². The van der Waals surface area contributed by atoms with Gasteiger partial charge in [0, 0.05) is 24.2 Å². The molecule has 1 aromatic heterocycles. The molecule has 3 rings (SSSR count). The van der Waals surface area contributed by atoms with Gasteiger partial charge >= 0.3 is 0 Å². The molecule has 0 aliphatic carbocycles. The molecule has 0 saturated heterocycles. The lowest BCUT2D eigenvalue weighted by Gasteiger charge is -2.15. The van der Waals surface area contributed by atoms with Gasteiger partial charge in [0.25, 0.3) is 0 Å². The van der Waals surface area contributed by atoms with Gasteiger partial charge in [-0.3, -0.25) is 4.98 Å². The van der Waals surface area contributed by atoms with Gasteiger partial charge in [0.05, 0.1) is 22.5 Å². The second-order valence-electron chi connectivity index (χ2n) is 6.83. The SMILES string of the molecule is CC(C)NS(=O)(=O)Cc1ccccc1CNc1c(C#N)cnc2ccccc12. The van der Waals surface area contributed by atoms with E-state index in [4.69, 9.17) is 0 Å². The quantitative estimate of drug-likeness (QED) is 0.639. The monoisotopic (exact) mass is 394 g/mol. The minimum absolute atomic E-state index is 0.0920. The van der Waals surface area contributed by atoms with Crippen molar-refractivity contribution in [2.75, 3.05) is 5.32 Å². The molecule has 0 radical (unpaired) electrons. The number of sulfonamides is 1. The number of rotatable bonds is 7. The molecule has 0 aliphatic rings. The summed E-state index contributed by atoms with van der Waals surface area (Å²) in [7, 11) is -3.43. The molecule has 0 unspecified atom stereocenters. The Morgan fingerprint density at radius 2 is 1.75 bits per heavy atom. The van der Waals surface area contributed by atoms with Gasteiger partial charge in [0.1, 0.15) is 6.07 Å². The van der Waals surface area contributed by atoms with Crippen molar-refractivity contribution in [3.8, 4) is 6.07 Å². The third-order valence-electron chi connectivity index (χ3n) is 4.23. The Kier molecular flexibility index (Phi) is 5.93. The third kappa shape index (κ3) is 4.66. The van der Waals surface area contributed by atoms with Crippen molar-refractivity contribution in [1.82, 2.24) is 9.71 Å². The Morgan fingerprint density at radius 3 is 2.46 bits per heavy atom. The molecule has 0 spiro atoms. The molecule has 144 valence electrons. The number of para-hydroxylation sites is 1. The summed E-state index contributed by atoms with van der Waals surface area (Å²) in [6.07, 6.45) is 1.55. The van der Waals surface area contributed by atoms with Crippen LogP contribution < -0.4 is 10.0 Å². The van der Waals surface area contributed by atoms with Gasteiger partial charge in [-0.15, -0.1) is 0 Å². The van der Waals surface area contributed by atoms with Crippen molar-refractivity contribution in [2.45, 2.75) is 32.2 Å². The number of aromatic nitrogens is 1. The first-order valence-electron chi connectivity index (χ1n) is 8.98. The summed E-state index contributed by atoms with van der Waals surface area (Å²) in [6.45, 7) is 3.99. The van der Waals surface area contributed by atoms with Gasteiger partial charge in [-0.25, -0.2) is 13.1 Å². The number of hydrogen-bond acceptors (Lipinski definition) is 5. The van der Waals surface area contributed by atoms with E-state index in [-0.39, 0.29) is 11.8 Å². The van der Waals surface area contributed by atoms with E-state index in [1.54, 1.807) is 20.0 Å². The highest BCUT2D eigenvalue weighted by Crippen LogP contribution is 2.26. The summed E-state index contributed by atoms with van der Waals surface area (Å²) in [5, 5.41) is 13.6. The number of nitriles is 1. The van der Waals surface area contributed by atoms with E-state index in [0.29, 0.717) is 17.8 Å². The van der Waals surface area contributed by atoms with E-state index < -0.39 is 10.0 Å². The Bertz CT molecular complexity index is 1130. The lowest BCUT2D eigenvalue weighted by atomic mass is 10.1. The van der Waals surface area contributed by atoms with Crippen molar-refractivity contribution >= 4 is 26.6 Å². The fraction of sp³-hybridized carbons (Fsp3) is 0.238. The zero-order valence-electron chi connectivity index (χ0n) is 15.8. The molecule has 0 aliphatic heterocycles. The topological polar surface area (TPSA) is 94.9 Å². The number of anilines is 1. The number of hydrogen-bond donors (Lipinski definition) is 2. The first kappa shape index (κ1) is 19.8. The van der Waals surface area contributed by atoms with Crippen LogP contribution in [0.4, 0.5) is 5.69 Å². The van der Waals surface area contributed by atoms with Crippen LogP contribution >= 0.6 is 0 Å². The maximum atomic E-state index is 12.3. The van der Waals surface area contributed by atoms with E-state index in [9.17, 15) is 13.7 Å². The Labute approximate surface area is 165 Å². The lowest BCUT2D eigenvalue weighted by molar-refractivity contribution is 0.569. The van der Waals surface area contributed by atoms with Crippen molar-refractivity contribution < 1.29 is 8.42 Å². The maximum Gasteiger partial charge on any atom is 0.216 e. The molecule has 2 N–H and O–H groups in total. The molecule has 2 aromatic carbocycles. The molecule has 7 heteroatoms. The second-order valence-corrected chi connectivity index (χ2v) is 8.58. The molecular weight excluding hydrogens is 372 g/mol. The molecule has 0 bridgehead atoms. The first-order valence-corrected chi connectivity index (χ1v) is 10.6. The lowest BCUT2D eigenvalue weighted by Crippen LogP contribution is -2.31. The molecular formula is C21H22N4O2S. The van der Waals surface area contributed by atoms with Gasteiger partial charge in [-0.1, -0.05) is 42.5 Å². The summed E-state index contributed by atoms with van der Waals surface area (Å²) in [6, 6.07) is 17.0. The summed E-state index contributed by atoms with van der Waals surface area (Å²) in [5.41, 5.74) is 3.53. The van der Waals surface area contributed by atoms with Crippen LogP contribution in [0.15, 0.2) is 54.7 Å². The van der Waals surface area contributed by atoms with E-state index in [0.717, 1.165) is 22.0 Å². The average molecular weight is 395 g/mol. The fourth-order valence-electron chi connectivity index (χ4n) is 3.08. The van der Waals surface area contributed by atoms with Crippen molar-refractivity contribution in [3.05, 3.63) is 71.4 Å². The van der Waals surface area contributed by atoms with E-state index in [1.165, 1.54) is 0 Å². The van der Waals surface area contributed by atoms with Crippen LogP contribution in [0.2, 0.25) is 0 Å². The molecule has 6 nitrogen and oxygen atoms in total. The number of pyridine rings is 1. The van der Waals surface area contributed by atoms with Crippen molar-refractivity contribution in [2.24, 2.45) is 0 Å². The van der Waals surface area contributed by atoms with Crippen LogP contribution in [0.1, 0.15) is 30.5 Å². The van der Waals surface area contributed by atoms with Gasteiger partial charge in [0.2, 0.25) is 10.0 Å². The van der Waals surface area contributed by atoms with Crippen LogP contribution in [-0.2, 0) is 22.3 Å². The number of nitrogens with zero attached hydrogens (tertiary/aromatic N) is 2. The van der Waals surface area contributed by atoms with E-state index in [1.807, 2.05) is 48.5 Å². The summed E-state index contributed by atoms with van der Waals surface area (Å²) >= 11 is 0. The maximum absolute atomic E-state index is 12.3. The van der Waals surface area contributed by atoms with Gasteiger partial charge in [-0.05, 0) is 31.0 Å². The van der Waals surface area contributed by atoms with Crippen molar-refractivity contribution in [1.29, 1.82) is 5.26 Å². The molecule has 0 atom stereocenters. The molecule has 0 saturated carbocycles. The average Bonchev–Trinajstić information content (AvgIpc) is 2.65. The van der Waals surface area contributed by atoms with E-state index in [2.05, 4.69) is 21.1 Å². The van der Waals surface area contributed by atoms with Gasteiger partial charge in [0.15, 0.2) is 0 Å². The highest BCUT2D eigenvalue weighted by Gasteiger charge is 2.16. The van der Waals surface area contributed by atoms with Crippen LogP contribution in [0.25, 0.3) is 10.9 Å². The predicted molar refractivity (Wildman–Crippen MR) is 111 cm³/mol. The fourth-order valence-corrected chi connectivity index (χ4v) is 4.57. The summed E-state index contributed by atoms with van der Waals surface area (Å²) in [5.74, 6) is -0.0920. The molecule has 1 heterocycles. The van der Waals surface area contributed by atoms with Gasteiger partial charge < -0.3 is 5.32 Å². The highest BCUT2D eigenvalue weighted by atomic mass is 32.2. The van der Waals surface area contributed by atoms with Crippen LogP contribution in [0.3, 0.4) is 0 Å². The normalized spacial score (nSPS) is 11.5. The number of benzene rings is 2. The highest BCUT2D eigenvalue weighted by molar-refractivity contribution is 7.88. The predicted octanol–water partition coefficient (Wildman–Crippen LogP) is 3.55. The minimum Gasteiger partial charge on any atom is -0.379 e. The standard InChI is InChI=1S/C21H22N4O2S/c1-15(2)25-28(26,27)14-17-8-4-3-7-16(17)12-24-21-18(11-22)13-23-20-10-6-5-9-19(20)21/h3-10,13,15,25H,12,14H2,1-2H3,(H,23,24). The Morgan fingerprint density at radius 1 is 1.07 bits per heavy atom. The zero-order valence-corrected chi connectivity index (χ0v) is 16.6.